The second-order valence-corrected chi connectivity index (χ2v) is 7.49. The highest BCUT2D eigenvalue weighted by Gasteiger charge is 2.18. The van der Waals surface area contributed by atoms with Gasteiger partial charge in [-0.2, -0.15) is 0 Å². The van der Waals surface area contributed by atoms with Crippen LogP contribution in [0.25, 0.3) is 5.65 Å². The van der Waals surface area contributed by atoms with Crippen LogP contribution in [0.3, 0.4) is 0 Å². The second-order valence-electron chi connectivity index (χ2n) is 5.85. The van der Waals surface area contributed by atoms with Crippen molar-refractivity contribution in [2.75, 3.05) is 26.2 Å². The molecule has 0 aliphatic carbocycles. The van der Waals surface area contributed by atoms with E-state index in [1.165, 1.54) is 11.4 Å². The van der Waals surface area contributed by atoms with Crippen LogP contribution in [0, 0.1) is 0 Å². The summed E-state index contributed by atoms with van der Waals surface area (Å²) in [5.74, 6) is 0. The first-order valence-electron chi connectivity index (χ1n) is 7.71. The summed E-state index contributed by atoms with van der Waals surface area (Å²) in [5, 5.41) is 2.14. The molecule has 4 rings (SSSR count). The van der Waals surface area contributed by atoms with Gasteiger partial charge in [0.05, 0.1) is 23.1 Å². The summed E-state index contributed by atoms with van der Waals surface area (Å²) in [7, 11) is 0. The van der Waals surface area contributed by atoms with Gasteiger partial charge in [-0.25, -0.2) is 9.97 Å². The van der Waals surface area contributed by atoms with E-state index in [0.717, 1.165) is 49.4 Å². The lowest BCUT2D eigenvalue weighted by Crippen LogP contribution is -2.45. The summed E-state index contributed by atoms with van der Waals surface area (Å²) in [6.45, 7) is 6.30. The minimum atomic E-state index is 0.952. The van der Waals surface area contributed by atoms with Crippen LogP contribution in [-0.4, -0.2) is 50.3 Å². The standard InChI is InChI=1S/C16H18BrN5S/c17-13-1-2-22-15(8-18-16(22)7-13)10-21-5-3-20(4-6-21)9-14-11-23-12-19-14/h1-2,7-8,11-12H,3-6,9-10H2. The highest BCUT2D eigenvalue weighted by molar-refractivity contribution is 9.10. The Labute approximate surface area is 147 Å². The van der Waals surface area contributed by atoms with Gasteiger partial charge >= 0.3 is 0 Å². The normalized spacial score (nSPS) is 17.1. The predicted octanol–water partition coefficient (Wildman–Crippen LogP) is 2.87. The molecular weight excluding hydrogens is 374 g/mol. The number of halogens is 1. The SMILES string of the molecule is Brc1ccn2c(CN3CCN(Cc4cscn4)CC3)cnc2c1. The molecule has 0 atom stereocenters. The largest absolute Gasteiger partial charge is 0.303 e. The van der Waals surface area contributed by atoms with Crippen molar-refractivity contribution in [1.29, 1.82) is 0 Å². The highest BCUT2D eigenvalue weighted by atomic mass is 79.9. The lowest BCUT2D eigenvalue weighted by Gasteiger charge is -2.34. The zero-order valence-corrected chi connectivity index (χ0v) is 15.1. The van der Waals surface area contributed by atoms with Crippen molar-refractivity contribution < 1.29 is 0 Å². The van der Waals surface area contributed by atoms with Crippen LogP contribution in [-0.2, 0) is 13.1 Å². The monoisotopic (exact) mass is 391 g/mol. The summed E-state index contributed by atoms with van der Waals surface area (Å²) in [4.78, 5) is 13.9. The Hall–Kier alpha value is -1.28. The fraction of sp³-hybridized carbons (Fsp3) is 0.375. The Morgan fingerprint density at radius 1 is 1.09 bits per heavy atom. The van der Waals surface area contributed by atoms with Crippen molar-refractivity contribution in [3.05, 3.63) is 51.3 Å². The molecular formula is C16H18BrN5S. The van der Waals surface area contributed by atoms with Gasteiger partial charge in [0.15, 0.2) is 0 Å². The Bertz CT molecular complexity index is 777. The number of rotatable bonds is 4. The number of fused-ring (bicyclic) bond motifs is 1. The topological polar surface area (TPSA) is 36.7 Å². The number of piperazine rings is 1. The number of nitrogens with zero attached hydrogens (tertiary/aromatic N) is 5. The van der Waals surface area contributed by atoms with Crippen LogP contribution >= 0.6 is 27.3 Å². The lowest BCUT2D eigenvalue weighted by atomic mass is 10.3. The van der Waals surface area contributed by atoms with Crippen LogP contribution in [0.15, 0.2) is 39.9 Å². The maximum atomic E-state index is 4.50. The van der Waals surface area contributed by atoms with Crippen LogP contribution in [0.4, 0.5) is 0 Å². The van der Waals surface area contributed by atoms with E-state index in [4.69, 9.17) is 0 Å². The molecule has 23 heavy (non-hydrogen) atoms. The van der Waals surface area contributed by atoms with Gasteiger partial charge in [-0.1, -0.05) is 15.9 Å². The van der Waals surface area contributed by atoms with Crippen LogP contribution in [0.1, 0.15) is 11.4 Å². The average molecular weight is 392 g/mol. The molecule has 0 radical (unpaired) electrons. The molecule has 1 aliphatic heterocycles. The summed E-state index contributed by atoms with van der Waals surface area (Å²) in [6.07, 6.45) is 4.07. The van der Waals surface area contributed by atoms with Gasteiger partial charge in [-0.3, -0.25) is 9.80 Å². The van der Waals surface area contributed by atoms with Crippen LogP contribution in [0.5, 0.6) is 0 Å². The number of thiazole rings is 1. The summed E-state index contributed by atoms with van der Waals surface area (Å²) >= 11 is 5.17. The van der Waals surface area contributed by atoms with E-state index < -0.39 is 0 Å². The van der Waals surface area contributed by atoms with Crippen molar-refractivity contribution in [3.63, 3.8) is 0 Å². The number of imidazole rings is 1. The first kappa shape index (κ1) is 15.3. The van der Waals surface area contributed by atoms with Crippen molar-refractivity contribution in [2.45, 2.75) is 13.1 Å². The molecule has 4 heterocycles. The Morgan fingerprint density at radius 3 is 2.61 bits per heavy atom. The van der Waals surface area contributed by atoms with Gasteiger partial charge in [-0.05, 0) is 12.1 Å². The van der Waals surface area contributed by atoms with Crippen molar-refractivity contribution in [1.82, 2.24) is 24.2 Å². The molecule has 0 bridgehead atoms. The molecule has 0 saturated carbocycles. The highest BCUT2D eigenvalue weighted by Crippen LogP contribution is 2.16. The predicted molar refractivity (Wildman–Crippen MR) is 95.6 cm³/mol. The third-order valence-corrected chi connectivity index (χ3v) is 5.40. The average Bonchev–Trinajstić information content (AvgIpc) is 3.19. The quantitative estimate of drug-likeness (QED) is 0.684. The molecule has 5 nitrogen and oxygen atoms in total. The molecule has 0 spiro atoms. The van der Waals surface area contributed by atoms with Gasteiger partial charge in [0.25, 0.3) is 0 Å². The van der Waals surface area contributed by atoms with E-state index in [9.17, 15) is 0 Å². The van der Waals surface area contributed by atoms with Crippen molar-refractivity contribution in [3.8, 4) is 0 Å². The maximum absolute atomic E-state index is 4.50. The molecule has 120 valence electrons. The number of aromatic nitrogens is 3. The summed E-state index contributed by atoms with van der Waals surface area (Å²) in [5.41, 5.74) is 5.35. The fourth-order valence-corrected chi connectivity index (χ4v) is 3.88. The van der Waals surface area contributed by atoms with Gasteiger partial charge in [0, 0.05) is 55.3 Å². The molecule has 7 heteroatoms. The fourth-order valence-electron chi connectivity index (χ4n) is 3.00. The molecule has 1 aliphatic rings. The van der Waals surface area contributed by atoms with Crippen LogP contribution in [0.2, 0.25) is 0 Å². The summed E-state index contributed by atoms with van der Waals surface area (Å²) < 4.78 is 3.24. The van der Waals surface area contributed by atoms with Gasteiger partial charge in [0.2, 0.25) is 0 Å². The van der Waals surface area contributed by atoms with E-state index in [0.29, 0.717) is 0 Å². The zero-order chi connectivity index (χ0) is 15.6. The third kappa shape index (κ3) is 3.47. The van der Waals surface area contributed by atoms with Crippen LogP contribution < -0.4 is 0 Å². The Balaban J connectivity index is 1.37. The third-order valence-electron chi connectivity index (χ3n) is 4.27. The molecule has 0 aromatic carbocycles. The maximum Gasteiger partial charge on any atom is 0.138 e. The van der Waals surface area contributed by atoms with Crippen molar-refractivity contribution in [2.24, 2.45) is 0 Å². The Morgan fingerprint density at radius 2 is 1.87 bits per heavy atom. The molecule has 0 amide bonds. The lowest BCUT2D eigenvalue weighted by molar-refractivity contribution is 0.120. The zero-order valence-electron chi connectivity index (χ0n) is 12.7. The van der Waals surface area contributed by atoms with Gasteiger partial charge < -0.3 is 4.40 Å². The van der Waals surface area contributed by atoms with E-state index in [2.05, 4.69) is 63.8 Å². The van der Waals surface area contributed by atoms with E-state index >= 15 is 0 Å². The van der Waals surface area contributed by atoms with Gasteiger partial charge in [0.1, 0.15) is 5.65 Å². The molecule has 1 saturated heterocycles. The minimum Gasteiger partial charge on any atom is -0.303 e. The van der Waals surface area contributed by atoms with E-state index in [-0.39, 0.29) is 0 Å². The molecule has 3 aromatic heterocycles. The first-order valence-corrected chi connectivity index (χ1v) is 9.45. The van der Waals surface area contributed by atoms with E-state index in [1.54, 1.807) is 11.3 Å². The Kier molecular flexibility index (Phi) is 4.43. The van der Waals surface area contributed by atoms with Gasteiger partial charge in [-0.15, -0.1) is 11.3 Å². The molecule has 0 N–H and O–H groups in total. The summed E-state index contributed by atoms with van der Waals surface area (Å²) in [6, 6.07) is 4.11. The van der Waals surface area contributed by atoms with Crippen molar-refractivity contribution >= 4 is 32.9 Å². The minimum absolute atomic E-state index is 0.952. The van der Waals surface area contributed by atoms with E-state index in [1.807, 2.05) is 11.7 Å². The smallest absolute Gasteiger partial charge is 0.138 e. The number of pyridine rings is 1. The number of hydrogen-bond acceptors (Lipinski definition) is 5. The number of hydrogen-bond donors (Lipinski definition) is 0. The molecule has 0 unspecified atom stereocenters. The molecule has 3 aromatic rings. The second kappa shape index (κ2) is 6.68. The molecule has 1 fully saturated rings. The first-order chi connectivity index (χ1) is 11.3.